The first-order chi connectivity index (χ1) is 8.27. The number of aromatic nitrogens is 2. The molecule has 0 fully saturated rings. The molecule has 0 amide bonds. The van der Waals surface area contributed by atoms with Gasteiger partial charge in [0, 0.05) is 0 Å². The van der Waals surface area contributed by atoms with E-state index in [9.17, 15) is 0 Å². The van der Waals surface area contributed by atoms with Crippen LogP contribution in [0.1, 0.15) is 5.69 Å². The van der Waals surface area contributed by atoms with E-state index in [1.807, 2.05) is 41.8 Å². The summed E-state index contributed by atoms with van der Waals surface area (Å²) in [5, 5.41) is 23.6. The largest absolute Gasteiger partial charge is 0.383 e. The minimum Gasteiger partial charge on any atom is -0.383 e. The highest BCUT2D eigenvalue weighted by atomic mass is 32.2. The number of anilines is 1. The molecule has 5 nitrogen and oxygen atoms in total. The minimum atomic E-state index is 0.165. The van der Waals surface area contributed by atoms with Crippen molar-refractivity contribution < 1.29 is 0 Å². The lowest BCUT2D eigenvalue weighted by molar-refractivity contribution is 0.883. The van der Waals surface area contributed by atoms with Crippen LogP contribution in [-0.2, 0) is 0 Å². The first-order valence-corrected chi connectivity index (χ1v) is 5.49. The van der Waals surface area contributed by atoms with Crippen LogP contribution in [0, 0.1) is 22.0 Å². The molecule has 0 radical (unpaired) electrons. The van der Waals surface area contributed by atoms with Crippen LogP contribution in [0.2, 0.25) is 0 Å². The molecule has 1 heterocycles. The first kappa shape index (κ1) is 11.1. The SMILES string of the molecule is N#CSc1c(C#N)nn(-c2ccccc2)c1N. The predicted molar refractivity (Wildman–Crippen MR) is 64.2 cm³/mol. The third-order valence-electron chi connectivity index (χ3n) is 2.13. The third kappa shape index (κ3) is 1.94. The lowest BCUT2D eigenvalue weighted by Crippen LogP contribution is -2.01. The molecular formula is C11H7N5S. The second-order valence-corrected chi connectivity index (χ2v) is 3.91. The van der Waals surface area contributed by atoms with E-state index >= 15 is 0 Å². The highest BCUT2D eigenvalue weighted by Crippen LogP contribution is 2.29. The molecule has 0 aliphatic heterocycles. The summed E-state index contributed by atoms with van der Waals surface area (Å²) in [7, 11) is 0. The molecule has 0 bridgehead atoms. The van der Waals surface area contributed by atoms with Crippen LogP contribution in [-0.4, -0.2) is 9.78 Å². The number of nitriles is 2. The van der Waals surface area contributed by atoms with Crippen molar-refractivity contribution in [2.24, 2.45) is 0 Å². The Bertz CT molecular complexity index is 618. The maximum Gasteiger partial charge on any atom is 0.179 e. The lowest BCUT2D eigenvalue weighted by atomic mass is 10.3. The Labute approximate surface area is 102 Å². The van der Waals surface area contributed by atoms with Crippen molar-refractivity contribution in [2.45, 2.75) is 4.90 Å². The lowest BCUT2D eigenvalue weighted by Gasteiger charge is -2.02. The van der Waals surface area contributed by atoms with Gasteiger partial charge in [0.1, 0.15) is 22.2 Å². The molecule has 1 aromatic heterocycles. The molecule has 0 spiro atoms. The number of rotatable bonds is 2. The van der Waals surface area contributed by atoms with E-state index in [0.717, 1.165) is 17.4 Å². The number of para-hydroxylation sites is 1. The highest BCUT2D eigenvalue weighted by Gasteiger charge is 2.16. The number of hydrogen-bond acceptors (Lipinski definition) is 5. The monoisotopic (exact) mass is 241 g/mol. The van der Waals surface area contributed by atoms with Gasteiger partial charge in [0.15, 0.2) is 5.69 Å². The van der Waals surface area contributed by atoms with Crippen LogP contribution >= 0.6 is 11.8 Å². The van der Waals surface area contributed by atoms with E-state index in [1.165, 1.54) is 4.68 Å². The molecule has 0 aliphatic carbocycles. The standard InChI is InChI=1S/C11H7N5S/c12-6-9-10(17-7-13)11(14)16(15-9)8-4-2-1-3-5-8/h1-5H,14H2. The molecule has 6 heteroatoms. The Hall–Kier alpha value is -2.44. The zero-order chi connectivity index (χ0) is 12.3. The summed E-state index contributed by atoms with van der Waals surface area (Å²) >= 11 is 0.843. The molecule has 0 saturated carbocycles. The maximum atomic E-state index is 8.93. The minimum absolute atomic E-state index is 0.165. The predicted octanol–water partition coefficient (Wildman–Crippen LogP) is 1.90. The van der Waals surface area contributed by atoms with Crippen molar-refractivity contribution in [3.05, 3.63) is 36.0 Å². The van der Waals surface area contributed by atoms with Crippen LogP contribution in [0.15, 0.2) is 35.2 Å². The Kier molecular flexibility index (Phi) is 2.99. The van der Waals surface area contributed by atoms with Crippen molar-refractivity contribution in [3.63, 3.8) is 0 Å². The summed E-state index contributed by atoms with van der Waals surface area (Å²) in [4.78, 5) is 0.402. The average molecular weight is 241 g/mol. The van der Waals surface area contributed by atoms with Gasteiger partial charge in [-0.05, 0) is 23.9 Å². The molecule has 2 N–H and O–H groups in total. The molecule has 0 atom stereocenters. The Morgan fingerprint density at radius 1 is 1.24 bits per heavy atom. The van der Waals surface area contributed by atoms with Crippen molar-refractivity contribution >= 4 is 17.6 Å². The van der Waals surface area contributed by atoms with Crippen molar-refractivity contribution in [1.82, 2.24) is 9.78 Å². The smallest absolute Gasteiger partial charge is 0.179 e. The van der Waals surface area contributed by atoms with Crippen molar-refractivity contribution in [2.75, 3.05) is 5.73 Å². The Balaban J connectivity index is 2.59. The van der Waals surface area contributed by atoms with Gasteiger partial charge < -0.3 is 5.73 Å². The first-order valence-electron chi connectivity index (χ1n) is 4.68. The van der Waals surface area contributed by atoms with Gasteiger partial charge >= 0.3 is 0 Å². The van der Waals surface area contributed by atoms with E-state index in [2.05, 4.69) is 5.10 Å². The summed E-state index contributed by atoms with van der Waals surface area (Å²) in [6.45, 7) is 0. The van der Waals surface area contributed by atoms with E-state index in [1.54, 1.807) is 0 Å². The number of thiocyanates is 1. The van der Waals surface area contributed by atoms with Crippen LogP contribution < -0.4 is 5.73 Å². The molecule has 2 aromatic rings. The third-order valence-corrected chi connectivity index (χ3v) is 2.83. The van der Waals surface area contributed by atoms with Gasteiger partial charge in [-0.25, -0.2) is 4.68 Å². The molecule has 1 aromatic carbocycles. The van der Waals surface area contributed by atoms with Crippen LogP contribution in [0.4, 0.5) is 5.82 Å². The molecule has 0 saturated heterocycles. The Morgan fingerprint density at radius 2 is 1.94 bits per heavy atom. The second-order valence-electron chi connectivity index (χ2n) is 3.12. The summed E-state index contributed by atoms with van der Waals surface area (Å²) in [6.07, 6.45) is 0. The fraction of sp³-hybridized carbons (Fsp3) is 0. The van der Waals surface area contributed by atoms with Gasteiger partial charge in [-0.15, -0.1) is 0 Å². The van der Waals surface area contributed by atoms with Crippen LogP contribution in [0.5, 0.6) is 0 Å². The van der Waals surface area contributed by atoms with E-state index in [-0.39, 0.29) is 5.69 Å². The van der Waals surface area contributed by atoms with Crippen molar-refractivity contribution in [1.29, 1.82) is 10.5 Å². The van der Waals surface area contributed by atoms with Crippen LogP contribution in [0.25, 0.3) is 5.69 Å². The molecule has 0 aliphatic rings. The van der Waals surface area contributed by atoms with E-state index in [0.29, 0.717) is 10.7 Å². The van der Waals surface area contributed by atoms with Gasteiger partial charge in [-0.3, -0.25) is 0 Å². The fourth-order valence-electron chi connectivity index (χ4n) is 1.40. The number of thioether (sulfide) groups is 1. The van der Waals surface area contributed by atoms with Gasteiger partial charge in [0.05, 0.1) is 5.69 Å². The summed E-state index contributed by atoms with van der Waals surface area (Å²) in [6, 6.07) is 11.1. The van der Waals surface area contributed by atoms with E-state index in [4.69, 9.17) is 16.3 Å². The molecule has 0 unspecified atom stereocenters. The fourth-order valence-corrected chi connectivity index (χ4v) is 1.87. The number of nitrogens with zero attached hydrogens (tertiary/aromatic N) is 4. The zero-order valence-electron chi connectivity index (χ0n) is 8.66. The van der Waals surface area contributed by atoms with E-state index < -0.39 is 0 Å². The van der Waals surface area contributed by atoms with Crippen LogP contribution in [0.3, 0.4) is 0 Å². The molecule has 82 valence electrons. The number of nitrogens with two attached hydrogens (primary N) is 1. The molecule has 17 heavy (non-hydrogen) atoms. The number of hydrogen-bond donors (Lipinski definition) is 1. The highest BCUT2D eigenvalue weighted by molar-refractivity contribution is 8.04. The maximum absolute atomic E-state index is 8.93. The second kappa shape index (κ2) is 4.60. The van der Waals surface area contributed by atoms with Gasteiger partial charge in [0.2, 0.25) is 0 Å². The molecule has 2 rings (SSSR count). The van der Waals surface area contributed by atoms with Gasteiger partial charge in [0.25, 0.3) is 0 Å². The van der Waals surface area contributed by atoms with Crippen molar-refractivity contribution in [3.8, 4) is 17.2 Å². The topological polar surface area (TPSA) is 91.4 Å². The normalized spacial score (nSPS) is 9.53. The zero-order valence-corrected chi connectivity index (χ0v) is 9.48. The van der Waals surface area contributed by atoms with Gasteiger partial charge in [-0.2, -0.15) is 15.6 Å². The molecular weight excluding hydrogens is 234 g/mol. The average Bonchev–Trinajstić information content (AvgIpc) is 2.69. The Morgan fingerprint density at radius 3 is 2.53 bits per heavy atom. The number of nitrogen functional groups attached to an aromatic ring is 1. The summed E-state index contributed by atoms with van der Waals surface area (Å²) in [5.74, 6) is 0.305. The summed E-state index contributed by atoms with van der Waals surface area (Å²) in [5.41, 5.74) is 6.80. The number of benzene rings is 1. The summed E-state index contributed by atoms with van der Waals surface area (Å²) < 4.78 is 1.46. The quantitative estimate of drug-likeness (QED) is 0.640. The van der Waals surface area contributed by atoms with Gasteiger partial charge in [-0.1, -0.05) is 18.2 Å².